The average molecular weight is 251 g/mol. The van der Waals surface area contributed by atoms with Gasteiger partial charge in [-0.15, -0.1) is 6.42 Å². The predicted molar refractivity (Wildman–Crippen MR) is 72.1 cm³/mol. The molecule has 94 valence electrons. The maximum Gasteiger partial charge on any atom is 0.242 e. The molecule has 1 aromatic heterocycles. The minimum absolute atomic E-state index is 0.110. The topological polar surface area (TPSA) is 38.1 Å². The number of imidazole rings is 1. The quantitative estimate of drug-likeness (QED) is 0.720. The molecule has 4 nitrogen and oxygen atoms in total. The highest BCUT2D eigenvalue weighted by molar-refractivity contribution is 5.77. The van der Waals surface area contributed by atoms with Gasteiger partial charge in [-0.2, -0.15) is 0 Å². The number of carbonyl (C=O) groups is 1. The molecule has 1 amide bonds. The molecule has 0 radical (unpaired) electrons. The number of carbonyl (C=O) groups excluding carboxylic acids is 1. The molecule has 0 saturated carbocycles. The van der Waals surface area contributed by atoms with E-state index in [9.17, 15) is 4.79 Å². The molecule has 1 aromatic carbocycles. The van der Waals surface area contributed by atoms with Crippen molar-refractivity contribution in [3.05, 3.63) is 41.9 Å². The smallest absolute Gasteiger partial charge is 0.242 e. The van der Waals surface area contributed by atoms with Gasteiger partial charge in [0.2, 0.25) is 5.91 Å². The van der Waals surface area contributed by atoms with Crippen molar-refractivity contribution in [2.45, 2.75) is 13.1 Å². The Balaban J connectivity index is 1.97. The first-order valence-electron chi connectivity index (χ1n) is 6.04. The number of rotatable bonds is 1. The molecular weight excluding hydrogens is 238 g/mol. The predicted octanol–water partition coefficient (Wildman–Crippen LogP) is 1.50. The van der Waals surface area contributed by atoms with Crippen LogP contribution in [0.3, 0.4) is 0 Å². The Kier molecular flexibility index (Phi) is 2.60. The minimum Gasteiger partial charge on any atom is -0.337 e. The lowest BCUT2D eigenvalue weighted by molar-refractivity contribution is -0.132. The maximum absolute atomic E-state index is 11.6. The summed E-state index contributed by atoms with van der Waals surface area (Å²) in [7, 11) is 1.79. The molecule has 0 saturated heterocycles. The number of hydrogen-bond donors (Lipinski definition) is 0. The van der Waals surface area contributed by atoms with E-state index in [2.05, 4.69) is 10.9 Å². The molecule has 0 aliphatic carbocycles. The summed E-state index contributed by atoms with van der Waals surface area (Å²) in [5, 5.41) is 0. The second-order valence-corrected chi connectivity index (χ2v) is 4.64. The van der Waals surface area contributed by atoms with E-state index in [0.29, 0.717) is 13.1 Å². The van der Waals surface area contributed by atoms with Crippen molar-refractivity contribution in [3.8, 4) is 23.6 Å². The first-order chi connectivity index (χ1) is 9.17. The van der Waals surface area contributed by atoms with Crippen molar-refractivity contribution in [1.29, 1.82) is 0 Å². The van der Waals surface area contributed by atoms with E-state index in [1.807, 2.05) is 35.0 Å². The largest absolute Gasteiger partial charge is 0.337 e. The van der Waals surface area contributed by atoms with E-state index >= 15 is 0 Å². The van der Waals surface area contributed by atoms with Crippen LogP contribution in [0.15, 0.2) is 30.5 Å². The van der Waals surface area contributed by atoms with Gasteiger partial charge in [-0.3, -0.25) is 4.79 Å². The van der Waals surface area contributed by atoms with Crippen LogP contribution in [0, 0.1) is 12.3 Å². The van der Waals surface area contributed by atoms with Crippen LogP contribution in [0.25, 0.3) is 11.3 Å². The van der Waals surface area contributed by atoms with Crippen LogP contribution < -0.4 is 0 Å². The van der Waals surface area contributed by atoms with Gasteiger partial charge in [0.1, 0.15) is 12.4 Å². The van der Waals surface area contributed by atoms with Gasteiger partial charge in [0.25, 0.3) is 0 Å². The Bertz CT molecular complexity index is 676. The van der Waals surface area contributed by atoms with Crippen molar-refractivity contribution >= 4 is 5.91 Å². The third-order valence-electron chi connectivity index (χ3n) is 3.32. The van der Waals surface area contributed by atoms with E-state index in [-0.39, 0.29) is 5.91 Å². The lowest BCUT2D eigenvalue weighted by atomic mass is 10.1. The van der Waals surface area contributed by atoms with Crippen molar-refractivity contribution in [3.63, 3.8) is 0 Å². The summed E-state index contributed by atoms with van der Waals surface area (Å²) in [4.78, 5) is 17.9. The molecule has 1 aliphatic rings. The van der Waals surface area contributed by atoms with Crippen LogP contribution in [-0.4, -0.2) is 27.4 Å². The number of nitrogens with zero attached hydrogens (tertiary/aromatic N) is 3. The van der Waals surface area contributed by atoms with E-state index in [1.165, 1.54) is 0 Å². The Morgan fingerprint density at radius 2 is 2.00 bits per heavy atom. The first-order valence-corrected chi connectivity index (χ1v) is 6.04. The van der Waals surface area contributed by atoms with Gasteiger partial charge < -0.3 is 9.47 Å². The van der Waals surface area contributed by atoms with E-state index in [4.69, 9.17) is 6.42 Å². The van der Waals surface area contributed by atoms with Gasteiger partial charge in [0, 0.05) is 24.4 Å². The number of benzene rings is 1. The van der Waals surface area contributed by atoms with Crippen LogP contribution in [0.1, 0.15) is 11.4 Å². The van der Waals surface area contributed by atoms with Crippen LogP contribution in [0.2, 0.25) is 0 Å². The molecule has 0 atom stereocenters. The number of hydrogen-bond acceptors (Lipinski definition) is 2. The van der Waals surface area contributed by atoms with Gasteiger partial charge >= 0.3 is 0 Å². The number of likely N-dealkylation sites (N-methyl/N-ethyl adjacent to an activating group) is 1. The lowest BCUT2D eigenvalue weighted by Gasteiger charge is -2.22. The fraction of sp³-hybridized carbons (Fsp3) is 0.200. The summed E-state index contributed by atoms with van der Waals surface area (Å²) in [5.74, 6) is 3.61. The van der Waals surface area contributed by atoms with Crippen molar-refractivity contribution in [2.24, 2.45) is 0 Å². The molecule has 0 bridgehead atoms. The molecule has 4 heteroatoms. The Hall–Kier alpha value is -2.54. The highest BCUT2D eigenvalue weighted by Crippen LogP contribution is 2.21. The Labute approximate surface area is 111 Å². The molecule has 19 heavy (non-hydrogen) atoms. The second kappa shape index (κ2) is 4.29. The van der Waals surface area contributed by atoms with Crippen LogP contribution in [-0.2, 0) is 17.9 Å². The van der Waals surface area contributed by atoms with Crippen LogP contribution in [0.5, 0.6) is 0 Å². The van der Waals surface area contributed by atoms with Gasteiger partial charge in [-0.05, 0) is 12.1 Å². The average Bonchev–Trinajstić information content (AvgIpc) is 2.82. The summed E-state index contributed by atoms with van der Waals surface area (Å²) in [6.07, 6.45) is 7.26. The van der Waals surface area contributed by atoms with Gasteiger partial charge in [-0.1, -0.05) is 18.1 Å². The van der Waals surface area contributed by atoms with Crippen molar-refractivity contribution < 1.29 is 4.79 Å². The summed E-state index contributed by atoms with van der Waals surface area (Å²) >= 11 is 0. The van der Waals surface area contributed by atoms with Crippen molar-refractivity contribution in [2.75, 3.05) is 7.05 Å². The van der Waals surface area contributed by atoms with Gasteiger partial charge in [0.15, 0.2) is 0 Å². The maximum atomic E-state index is 11.6. The monoisotopic (exact) mass is 251 g/mol. The van der Waals surface area contributed by atoms with Crippen LogP contribution in [0.4, 0.5) is 0 Å². The normalized spacial score (nSPS) is 14.1. The van der Waals surface area contributed by atoms with Crippen molar-refractivity contribution in [1.82, 2.24) is 14.5 Å². The zero-order valence-electron chi connectivity index (χ0n) is 10.6. The number of aromatic nitrogens is 2. The molecule has 0 fully saturated rings. The summed E-state index contributed by atoms with van der Waals surface area (Å²) in [6, 6.07) is 7.69. The molecule has 3 rings (SSSR count). The minimum atomic E-state index is 0.110. The summed E-state index contributed by atoms with van der Waals surface area (Å²) in [6.45, 7) is 0.919. The number of fused-ring (bicyclic) bond motifs is 1. The standard InChI is InChI=1S/C15H13N3O/c1-3-11-4-6-12(7-5-11)13-8-18-10-15(19)17(2)9-14(18)16-13/h1,4-8H,9-10H2,2H3. The van der Waals surface area contributed by atoms with E-state index in [1.54, 1.807) is 11.9 Å². The van der Waals surface area contributed by atoms with Gasteiger partial charge in [-0.25, -0.2) is 4.98 Å². The lowest BCUT2D eigenvalue weighted by Crippen LogP contribution is -2.35. The zero-order chi connectivity index (χ0) is 13.4. The third kappa shape index (κ3) is 2.00. The fourth-order valence-electron chi connectivity index (χ4n) is 2.16. The SMILES string of the molecule is C#Cc1ccc(-c2cn3c(n2)CN(C)C(=O)C3)cc1. The first kappa shape index (κ1) is 11.5. The van der Waals surface area contributed by atoms with Gasteiger partial charge in [0.05, 0.1) is 12.2 Å². The molecule has 0 spiro atoms. The van der Waals surface area contributed by atoms with Crippen LogP contribution >= 0.6 is 0 Å². The van der Waals surface area contributed by atoms with E-state index in [0.717, 1.165) is 22.6 Å². The molecule has 2 heterocycles. The Morgan fingerprint density at radius 1 is 1.26 bits per heavy atom. The molecular formula is C15H13N3O. The summed E-state index contributed by atoms with van der Waals surface area (Å²) in [5.41, 5.74) is 2.74. The highest BCUT2D eigenvalue weighted by atomic mass is 16.2. The molecule has 0 N–H and O–H groups in total. The molecule has 0 unspecified atom stereocenters. The molecule has 2 aromatic rings. The van der Waals surface area contributed by atoms with E-state index < -0.39 is 0 Å². The zero-order valence-corrected chi connectivity index (χ0v) is 10.6. The fourth-order valence-corrected chi connectivity index (χ4v) is 2.16. The highest BCUT2D eigenvalue weighted by Gasteiger charge is 2.21. The number of amides is 1. The third-order valence-corrected chi connectivity index (χ3v) is 3.32. The Morgan fingerprint density at radius 3 is 2.68 bits per heavy atom. The molecule has 1 aliphatic heterocycles. The second-order valence-electron chi connectivity index (χ2n) is 4.64. The summed E-state index contributed by atoms with van der Waals surface area (Å²) < 4.78 is 1.91. The number of terminal acetylenes is 1.